The second-order valence-electron chi connectivity index (χ2n) is 8.22. The van der Waals surface area contributed by atoms with Gasteiger partial charge in [0.2, 0.25) is 11.8 Å². The van der Waals surface area contributed by atoms with Gasteiger partial charge in [0.25, 0.3) is 0 Å². The number of pyridine rings is 2. The van der Waals surface area contributed by atoms with Crippen molar-refractivity contribution in [2.45, 2.75) is 64.2 Å². The Kier molecular flexibility index (Phi) is 6.72. The lowest BCUT2D eigenvalue weighted by Gasteiger charge is -2.17. The number of carbonyl (C=O) groups excluding carboxylic acids is 2. The molecule has 0 N–H and O–H groups in total. The van der Waals surface area contributed by atoms with E-state index >= 15 is 0 Å². The van der Waals surface area contributed by atoms with E-state index in [2.05, 4.69) is 9.97 Å². The molecule has 0 radical (unpaired) electrons. The van der Waals surface area contributed by atoms with Crippen molar-refractivity contribution in [2.75, 3.05) is 22.9 Å². The van der Waals surface area contributed by atoms with Crippen molar-refractivity contribution in [3.05, 3.63) is 48.0 Å². The number of amides is 2. The number of fused-ring (bicyclic) bond motifs is 2. The highest BCUT2D eigenvalue weighted by molar-refractivity contribution is 5.95. The smallest absolute Gasteiger partial charge is 0.226 e. The van der Waals surface area contributed by atoms with Gasteiger partial charge in [-0.2, -0.15) is 0 Å². The molecule has 2 aliphatic heterocycles. The van der Waals surface area contributed by atoms with Crippen LogP contribution in [0.3, 0.4) is 0 Å². The highest BCUT2D eigenvalue weighted by Gasteiger charge is 2.24. The van der Waals surface area contributed by atoms with Crippen molar-refractivity contribution in [2.24, 2.45) is 0 Å². The van der Waals surface area contributed by atoms with Gasteiger partial charge in [0.05, 0.1) is 0 Å². The lowest BCUT2D eigenvalue weighted by atomic mass is 10.1. The molecular formula is C24H30N4O2. The van der Waals surface area contributed by atoms with Crippen LogP contribution >= 0.6 is 0 Å². The minimum atomic E-state index is 0.228. The van der Waals surface area contributed by atoms with E-state index in [1.165, 1.54) is 11.1 Å². The molecule has 0 atom stereocenters. The van der Waals surface area contributed by atoms with Crippen molar-refractivity contribution < 1.29 is 9.59 Å². The molecule has 30 heavy (non-hydrogen) atoms. The number of hydrogen-bond acceptors (Lipinski definition) is 4. The Morgan fingerprint density at radius 2 is 1.13 bits per heavy atom. The molecule has 6 heteroatoms. The molecule has 2 aromatic rings. The van der Waals surface area contributed by atoms with Gasteiger partial charge >= 0.3 is 0 Å². The first-order valence-corrected chi connectivity index (χ1v) is 11.2. The van der Waals surface area contributed by atoms with Crippen LogP contribution in [0.15, 0.2) is 36.9 Å². The van der Waals surface area contributed by atoms with Gasteiger partial charge in [-0.1, -0.05) is 25.7 Å². The maximum atomic E-state index is 12.5. The minimum Gasteiger partial charge on any atom is -0.312 e. The molecule has 0 aliphatic carbocycles. The molecular weight excluding hydrogens is 376 g/mol. The van der Waals surface area contributed by atoms with E-state index < -0.39 is 0 Å². The molecule has 0 aromatic carbocycles. The summed E-state index contributed by atoms with van der Waals surface area (Å²) < 4.78 is 0. The van der Waals surface area contributed by atoms with Crippen molar-refractivity contribution in [3.8, 4) is 0 Å². The molecule has 6 nitrogen and oxygen atoms in total. The van der Waals surface area contributed by atoms with Crippen LogP contribution in [0.2, 0.25) is 0 Å². The Labute approximate surface area is 178 Å². The van der Waals surface area contributed by atoms with Gasteiger partial charge in [0.1, 0.15) is 0 Å². The van der Waals surface area contributed by atoms with Crippen LogP contribution in [0.1, 0.15) is 62.5 Å². The van der Waals surface area contributed by atoms with Gasteiger partial charge in [0, 0.05) is 62.1 Å². The molecule has 4 rings (SSSR count). The van der Waals surface area contributed by atoms with E-state index in [1.807, 2.05) is 34.3 Å². The van der Waals surface area contributed by atoms with Crippen molar-refractivity contribution in [3.63, 3.8) is 0 Å². The second kappa shape index (κ2) is 9.83. The third kappa shape index (κ3) is 4.69. The Morgan fingerprint density at radius 3 is 1.60 bits per heavy atom. The van der Waals surface area contributed by atoms with Crippen LogP contribution < -0.4 is 9.80 Å². The van der Waals surface area contributed by atoms with Crippen LogP contribution in [0.25, 0.3) is 0 Å². The molecule has 0 saturated heterocycles. The van der Waals surface area contributed by atoms with Crippen LogP contribution in [-0.2, 0) is 22.4 Å². The first kappa shape index (κ1) is 20.5. The van der Waals surface area contributed by atoms with E-state index in [4.69, 9.17) is 0 Å². The zero-order chi connectivity index (χ0) is 20.8. The lowest BCUT2D eigenvalue weighted by Crippen LogP contribution is -2.28. The van der Waals surface area contributed by atoms with Crippen LogP contribution in [0.5, 0.6) is 0 Å². The van der Waals surface area contributed by atoms with E-state index in [-0.39, 0.29) is 11.8 Å². The van der Waals surface area contributed by atoms with Crippen molar-refractivity contribution in [1.82, 2.24) is 9.97 Å². The number of nitrogens with zero attached hydrogens (tertiary/aromatic N) is 4. The summed E-state index contributed by atoms with van der Waals surface area (Å²) in [5.74, 6) is 0.457. The molecule has 0 saturated carbocycles. The fourth-order valence-corrected chi connectivity index (χ4v) is 4.50. The molecule has 0 fully saturated rings. The Morgan fingerprint density at radius 1 is 0.700 bits per heavy atom. The summed E-state index contributed by atoms with van der Waals surface area (Å²) in [6, 6.07) is 3.89. The van der Waals surface area contributed by atoms with Gasteiger partial charge in [-0.15, -0.1) is 0 Å². The summed E-state index contributed by atoms with van der Waals surface area (Å²) in [5, 5.41) is 0. The van der Waals surface area contributed by atoms with Crippen LogP contribution in [0.4, 0.5) is 11.4 Å². The van der Waals surface area contributed by atoms with Gasteiger partial charge in [0.15, 0.2) is 0 Å². The van der Waals surface area contributed by atoms with Crippen LogP contribution in [0, 0.1) is 0 Å². The first-order chi connectivity index (χ1) is 14.7. The predicted molar refractivity (Wildman–Crippen MR) is 118 cm³/mol. The number of aromatic nitrogens is 2. The number of unbranched alkanes of at least 4 members (excludes halogenated alkanes) is 5. The SMILES string of the molecule is O=C(CCCCCCCCC(=O)N1CCc2cnccc21)N1CCc2cnccc21. The third-order valence-corrected chi connectivity index (χ3v) is 6.18. The van der Waals surface area contributed by atoms with Gasteiger partial charge in [-0.25, -0.2) is 0 Å². The number of rotatable bonds is 9. The van der Waals surface area contributed by atoms with E-state index in [0.717, 1.165) is 75.8 Å². The fourth-order valence-electron chi connectivity index (χ4n) is 4.50. The zero-order valence-corrected chi connectivity index (χ0v) is 17.6. The molecule has 158 valence electrons. The highest BCUT2D eigenvalue weighted by atomic mass is 16.2. The second-order valence-corrected chi connectivity index (χ2v) is 8.22. The average molecular weight is 407 g/mol. The van der Waals surface area contributed by atoms with Crippen molar-refractivity contribution in [1.29, 1.82) is 0 Å². The molecule has 0 unspecified atom stereocenters. The topological polar surface area (TPSA) is 66.4 Å². The Balaban J connectivity index is 1.07. The third-order valence-electron chi connectivity index (χ3n) is 6.18. The normalized spacial score (nSPS) is 14.7. The van der Waals surface area contributed by atoms with Gasteiger partial charge in [-0.05, 0) is 48.9 Å². The number of hydrogen-bond donors (Lipinski definition) is 0. The fraction of sp³-hybridized carbons (Fsp3) is 0.500. The maximum Gasteiger partial charge on any atom is 0.226 e. The molecule has 2 aliphatic rings. The molecule has 2 aromatic heterocycles. The van der Waals surface area contributed by atoms with Gasteiger partial charge in [-0.3, -0.25) is 19.6 Å². The monoisotopic (exact) mass is 406 g/mol. The summed E-state index contributed by atoms with van der Waals surface area (Å²) in [7, 11) is 0. The van der Waals surface area contributed by atoms with E-state index in [0.29, 0.717) is 12.8 Å². The summed E-state index contributed by atoms with van der Waals surface area (Å²) in [5.41, 5.74) is 4.43. The largest absolute Gasteiger partial charge is 0.312 e. The Hall–Kier alpha value is -2.76. The van der Waals surface area contributed by atoms with Crippen LogP contribution in [-0.4, -0.2) is 34.9 Å². The summed E-state index contributed by atoms with van der Waals surface area (Å²) in [6.45, 7) is 1.57. The molecule has 2 amide bonds. The minimum absolute atomic E-state index is 0.228. The van der Waals surface area contributed by atoms with E-state index in [9.17, 15) is 9.59 Å². The first-order valence-electron chi connectivity index (χ1n) is 11.2. The van der Waals surface area contributed by atoms with E-state index in [1.54, 1.807) is 12.4 Å². The standard InChI is InChI=1S/C24H30N4O2/c29-23(27-15-11-19-17-25-13-9-21(19)27)7-5-3-1-2-4-6-8-24(30)28-16-12-20-18-26-14-10-22(20)28/h9-10,13-14,17-18H,1-8,11-12,15-16H2. The molecule has 0 bridgehead atoms. The molecule has 0 spiro atoms. The average Bonchev–Trinajstić information content (AvgIpc) is 3.39. The lowest BCUT2D eigenvalue weighted by molar-refractivity contribution is -0.119. The number of carbonyl (C=O) groups is 2. The Bertz CT molecular complexity index is 825. The quantitative estimate of drug-likeness (QED) is 0.589. The summed E-state index contributed by atoms with van der Waals surface area (Å²) >= 11 is 0. The molecule has 4 heterocycles. The van der Waals surface area contributed by atoms with Gasteiger partial charge < -0.3 is 9.80 Å². The summed E-state index contributed by atoms with van der Waals surface area (Å²) in [4.78, 5) is 37.1. The predicted octanol–water partition coefficient (Wildman–Crippen LogP) is 4.08. The van der Waals surface area contributed by atoms with Crippen molar-refractivity contribution >= 4 is 23.2 Å². The highest BCUT2D eigenvalue weighted by Crippen LogP contribution is 2.28. The zero-order valence-electron chi connectivity index (χ0n) is 17.6. The maximum absolute atomic E-state index is 12.5. The number of anilines is 2. The summed E-state index contributed by atoms with van der Waals surface area (Å²) in [6.07, 6.45) is 16.6.